The molecule has 0 N–H and O–H groups in total. The van der Waals surface area contributed by atoms with Gasteiger partial charge in [0.2, 0.25) is 0 Å². The first-order valence-electron chi connectivity index (χ1n) is 10.4. The van der Waals surface area contributed by atoms with Gasteiger partial charge < -0.3 is 18.9 Å². The van der Waals surface area contributed by atoms with E-state index in [0.717, 1.165) is 22.2 Å². The summed E-state index contributed by atoms with van der Waals surface area (Å²) in [5.74, 6) is -1.10. The van der Waals surface area contributed by atoms with E-state index < -0.39 is 11.7 Å². The fourth-order valence-corrected chi connectivity index (χ4v) is 3.86. The van der Waals surface area contributed by atoms with Crippen LogP contribution in [0.4, 0.5) is 4.79 Å². The number of benzene rings is 1. The molecule has 3 aromatic rings. The molecule has 1 aliphatic heterocycles. The molecule has 0 atom stereocenters. The van der Waals surface area contributed by atoms with Crippen LogP contribution in [0.25, 0.3) is 16.6 Å². The number of rotatable bonds is 4. The van der Waals surface area contributed by atoms with E-state index in [1.807, 2.05) is 55.5 Å². The van der Waals surface area contributed by atoms with E-state index in [-0.39, 0.29) is 6.09 Å². The van der Waals surface area contributed by atoms with Crippen molar-refractivity contribution in [2.45, 2.75) is 13.8 Å². The van der Waals surface area contributed by atoms with Gasteiger partial charge in [0, 0.05) is 43.5 Å². The predicted molar refractivity (Wildman–Crippen MR) is 117 cm³/mol. The normalized spacial score (nSPS) is 14.0. The van der Waals surface area contributed by atoms with Gasteiger partial charge in [-0.1, -0.05) is 35.9 Å². The molecule has 0 radical (unpaired) electrons. The maximum atomic E-state index is 13.4. The molecule has 2 aromatic heterocycles. The summed E-state index contributed by atoms with van der Waals surface area (Å²) in [6.07, 6.45) is 1.41. The minimum atomic E-state index is -0.555. The molecule has 160 valence electrons. The highest BCUT2D eigenvalue weighted by atomic mass is 16.6. The first-order valence-corrected chi connectivity index (χ1v) is 10.4. The fraction of sp³-hybridized carbons (Fsp3) is 0.292. The lowest BCUT2D eigenvalue weighted by atomic mass is 10.0. The Balaban J connectivity index is 1.62. The maximum Gasteiger partial charge on any atom is 0.409 e. The van der Waals surface area contributed by atoms with E-state index in [1.54, 1.807) is 22.4 Å². The predicted octanol–water partition coefficient (Wildman–Crippen LogP) is 3.40. The maximum absolute atomic E-state index is 13.4. The molecular formula is C24H25N3O4. The van der Waals surface area contributed by atoms with Crippen molar-refractivity contribution in [3.63, 3.8) is 0 Å². The number of amides is 2. The zero-order valence-electron chi connectivity index (χ0n) is 17.7. The number of hydrogen-bond acceptors (Lipinski definition) is 4. The van der Waals surface area contributed by atoms with Gasteiger partial charge in [-0.15, -0.1) is 0 Å². The molecule has 1 saturated heterocycles. The van der Waals surface area contributed by atoms with Crippen molar-refractivity contribution in [1.82, 2.24) is 14.2 Å². The zero-order chi connectivity index (χ0) is 22.0. The van der Waals surface area contributed by atoms with Crippen LogP contribution in [0.2, 0.25) is 0 Å². The number of aryl methyl sites for hydroxylation is 1. The van der Waals surface area contributed by atoms with E-state index in [9.17, 15) is 14.4 Å². The Morgan fingerprint density at radius 1 is 0.935 bits per heavy atom. The van der Waals surface area contributed by atoms with E-state index in [4.69, 9.17) is 4.74 Å². The number of aromatic nitrogens is 1. The minimum absolute atomic E-state index is 0.298. The van der Waals surface area contributed by atoms with Crippen LogP contribution in [-0.4, -0.2) is 64.8 Å². The Bertz CT molecular complexity index is 1130. The van der Waals surface area contributed by atoms with Gasteiger partial charge in [-0.05, 0) is 37.6 Å². The summed E-state index contributed by atoms with van der Waals surface area (Å²) in [5.41, 5.74) is 3.95. The summed E-state index contributed by atoms with van der Waals surface area (Å²) < 4.78 is 6.79. The largest absolute Gasteiger partial charge is 0.450 e. The number of hydrogen-bond donors (Lipinski definition) is 0. The third-order valence-electron chi connectivity index (χ3n) is 5.54. The Kier molecular flexibility index (Phi) is 5.75. The second-order valence-electron chi connectivity index (χ2n) is 7.58. The highest BCUT2D eigenvalue weighted by Crippen LogP contribution is 2.29. The molecule has 0 bridgehead atoms. The van der Waals surface area contributed by atoms with Gasteiger partial charge in [0.1, 0.15) is 5.69 Å². The van der Waals surface area contributed by atoms with Crippen LogP contribution in [0.3, 0.4) is 0 Å². The van der Waals surface area contributed by atoms with Crippen LogP contribution in [0, 0.1) is 6.92 Å². The first kappa shape index (κ1) is 20.7. The Labute approximate surface area is 180 Å². The molecule has 4 rings (SSSR count). The van der Waals surface area contributed by atoms with Crippen molar-refractivity contribution in [2.24, 2.45) is 0 Å². The van der Waals surface area contributed by atoms with Crippen LogP contribution < -0.4 is 0 Å². The van der Waals surface area contributed by atoms with Crippen molar-refractivity contribution in [1.29, 1.82) is 0 Å². The number of piperazine rings is 1. The topological polar surface area (TPSA) is 71.3 Å². The number of ether oxygens (including phenoxy) is 1. The van der Waals surface area contributed by atoms with Gasteiger partial charge in [-0.25, -0.2) is 4.79 Å². The highest BCUT2D eigenvalue weighted by Gasteiger charge is 2.31. The van der Waals surface area contributed by atoms with Crippen LogP contribution in [-0.2, 0) is 9.53 Å². The van der Waals surface area contributed by atoms with Crippen molar-refractivity contribution < 1.29 is 19.1 Å². The van der Waals surface area contributed by atoms with Crippen LogP contribution in [0.15, 0.2) is 54.7 Å². The average molecular weight is 419 g/mol. The molecule has 3 heterocycles. The smallest absolute Gasteiger partial charge is 0.409 e. The SMILES string of the molecule is CCOC(=O)N1CCN(C(=O)C(=O)c2c(-c3ccc(C)cc3)cc3ccccn23)CC1. The molecule has 0 unspecified atom stereocenters. The van der Waals surface area contributed by atoms with Crippen molar-refractivity contribution >= 4 is 23.3 Å². The summed E-state index contributed by atoms with van der Waals surface area (Å²) in [7, 11) is 0. The van der Waals surface area contributed by atoms with Gasteiger partial charge in [0.15, 0.2) is 0 Å². The average Bonchev–Trinajstić information content (AvgIpc) is 3.18. The second-order valence-corrected chi connectivity index (χ2v) is 7.58. The number of fused-ring (bicyclic) bond motifs is 1. The van der Waals surface area contributed by atoms with Crippen LogP contribution in [0.1, 0.15) is 23.0 Å². The van der Waals surface area contributed by atoms with Gasteiger partial charge in [-0.3, -0.25) is 9.59 Å². The zero-order valence-corrected chi connectivity index (χ0v) is 17.7. The summed E-state index contributed by atoms with van der Waals surface area (Å²) in [4.78, 5) is 41.5. The Morgan fingerprint density at radius 3 is 2.29 bits per heavy atom. The number of ketones is 1. The molecule has 7 nitrogen and oxygen atoms in total. The molecule has 0 aliphatic carbocycles. The minimum Gasteiger partial charge on any atom is -0.450 e. The van der Waals surface area contributed by atoms with Crippen molar-refractivity contribution in [3.05, 3.63) is 66.0 Å². The standard InChI is InChI=1S/C24H25N3O4/c1-3-31-24(30)26-14-12-25(13-15-26)23(29)22(28)21-20(18-9-7-17(2)8-10-18)16-19-6-4-5-11-27(19)21/h4-11,16H,3,12-15H2,1-2H3. The van der Waals surface area contributed by atoms with Crippen molar-refractivity contribution in [2.75, 3.05) is 32.8 Å². The van der Waals surface area contributed by atoms with Gasteiger partial charge in [0.05, 0.1) is 6.61 Å². The Morgan fingerprint density at radius 2 is 1.61 bits per heavy atom. The Hall–Kier alpha value is -3.61. The highest BCUT2D eigenvalue weighted by molar-refractivity contribution is 6.43. The summed E-state index contributed by atoms with van der Waals surface area (Å²) >= 11 is 0. The van der Waals surface area contributed by atoms with Crippen LogP contribution >= 0.6 is 0 Å². The van der Waals surface area contributed by atoms with E-state index in [0.29, 0.717) is 38.5 Å². The van der Waals surface area contributed by atoms with E-state index in [2.05, 4.69) is 0 Å². The summed E-state index contributed by atoms with van der Waals surface area (Å²) in [6.45, 7) is 5.35. The third-order valence-corrected chi connectivity index (χ3v) is 5.54. The van der Waals surface area contributed by atoms with Gasteiger partial charge >= 0.3 is 6.09 Å². The molecule has 2 amide bonds. The summed E-state index contributed by atoms with van der Waals surface area (Å²) in [6, 6.07) is 15.5. The lowest BCUT2D eigenvalue weighted by molar-refractivity contribution is -0.128. The van der Waals surface area contributed by atoms with Gasteiger partial charge in [-0.2, -0.15) is 0 Å². The van der Waals surface area contributed by atoms with E-state index >= 15 is 0 Å². The summed E-state index contributed by atoms with van der Waals surface area (Å²) in [5, 5.41) is 0. The van der Waals surface area contributed by atoms with Gasteiger partial charge in [0.25, 0.3) is 11.7 Å². The number of Topliss-reactive ketones (excluding diaryl/α,β-unsaturated/α-hetero) is 1. The second kappa shape index (κ2) is 8.63. The fourth-order valence-electron chi connectivity index (χ4n) is 3.86. The molecule has 0 saturated carbocycles. The molecular weight excluding hydrogens is 394 g/mol. The molecule has 1 aliphatic rings. The molecule has 0 spiro atoms. The quantitative estimate of drug-likeness (QED) is 0.480. The molecule has 31 heavy (non-hydrogen) atoms. The monoisotopic (exact) mass is 419 g/mol. The first-order chi connectivity index (χ1) is 15.0. The lowest BCUT2D eigenvalue weighted by Gasteiger charge is -2.33. The van der Waals surface area contributed by atoms with E-state index in [1.165, 1.54) is 4.90 Å². The molecule has 1 fully saturated rings. The molecule has 1 aromatic carbocycles. The number of pyridine rings is 1. The van der Waals surface area contributed by atoms with Crippen molar-refractivity contribution in [3.8, 4) is 11.1 Å². The third kappa shape index (κ3) is 4.03. The molecule has 7 heteroatoms. The number of carbonyl (C=O) groups excluding carboxylic acids is 3. The lowest BCUT2D eigenvalue weighted by Crippen LogP contribution is -2.52. The number of nitrogens with zero attached hydrogens (tertiary/aromatic N) is 3. The van der Waals surface area contributed by atoms with Crippen LogP contribution in [0.5, 0.6) is 0 Å². The number of carbonyl (C=O) groups is 3.